The second-order valence-corrected chi connectivity index (χ2v) is 3.65. The molecule has 1 rings (SSSR count). The molecule has 1 aromatic rings. The summed E-state index contributed by atoms with van der Waals surface area (Å²) in [6, 6.07) is 12.4. The van der Waals surface area contributed by atoms with Crippen LogP contribution in [0.2, 0.25) is 0 Å². The van der Waals surface area contributed by atoms with E-state index in [9.17, 15) is 0 Å². The fraction of sp³-hybridized carbons (Fsp3) is 0.308. The second-order valence-electron chi connectivity index (χ2n) is 3.65. The minimum Gasteiger partial charge on any atom is -0.198 e. The van der Waals surface area contributed by atoms with Crippen LogP contribution in [0.1, 0.15) is 25.3 Å². The van der Waals surface area contributed by atoms with Crippen molar-refractivity contribution < 1.29 is 0 Å². The lowest BCUT2D eigenvalue weighted by molar-refractivity contribution is 0.629. The Bertz CT molecular complexity index is 345. The summed E-state index contributed by atoms with van der Waals surface area (Å²) in [6.07, 6.45) is 0. The molecule has 0 aliphatic heterocycles. The zero-order chi connectivity index (χ0) is 10.6. The van der Waals surface area contributed by atoms with Gasteiger partial charge in [0.15, 0.2) is 0 Å². The maximum Gasteiger partial charge on any atom is 0.0733 e. The summed E-state index contributed by atoms with van der Waals surface area (Å²) < 4.78 is 0. The van der Waals surface area contributed by atoms with Gasteiger partial charge in [0, 0.05) is 5.92 Å². The summed E-state index contributed by atoms with van der Waals surface area (Å²) in [4.78, 5) is 0. The molecule has 14 heavy (non-hydrogen) atoms. The lowest BCUT2D eigenvalue weighted by Gasteiger charge is -2.17. The highest BCUT2D eigenvalue weighted by molar-refractivity contribution is 5.25. The van der Waals surface area contributed by atoms with Gasteiger partial charge < -0.3 is 0 Å². The molecule has 0 aliphatic carbocycles. The van der Waals surface area contributed by atoms with E-state index in [2.05, 4.69) is 31.7 Å². The first kappa shape index (κ1) is 10.5. The van der Waals surface area contributed by atoms with Gasteiger partial charge in [-0.1, -0.05) is 49.4 Å². The number of allylic oxidation sites excluding steroid dienone is 1. The first-order valence-corrected chi connectivity index (χ1v) is 4.76. The number of hydrogen-bond acceptors (Lipinski definition) is 1. The lowest BCUT2D eigenvalue weighted by atomic mass is 9.85. The third-order valence-corrected chi connectivity index (χ3v) is 2.50. The summed E-state index contributed by atoms with van der Waals surface area (Å²) in [6.45, 7) is 7.83. The average molecular weight is 185 g/mol. The van der Waals surface area contributed by atoms with E-state index >= 15 is 0 Å². The number of hydrogen-bond donors (Lipinski definition) is 0. The van der Waals surface area contributed by atoms with Gasteiger partial charge in [0.2, 0.25) is 0 Å². The van der Waals surface area contributed by atoms with E-state index < -0.39 is 0 Å². The van der Waals surface area contributed by atoms with Gasteiger partial charge in [0.1, 0.15) is 0 Å². The Kier molecular flexibility index (Phi) is 3.48. The first-order chi connectivity index (χ1) is 6.66. The van der Waals surface area contributed by atoms with Crippen molar-refractivity contribution in [3.8, 4) is 6.07 Å². The van der Waals surface area contributed by atoms with E-state index in [0.717, 1.165) is 5.57 Å². The molecule has 0 aliphatic rings. The SMILES string of the molecule is C=C(C)[C@H](C#N)[C@@H](C)c1ccccc1. The van der Waals surface area contributed by atoms with Gasteiger partial charge in [-0.15, -0.1) is 0 Å². The van der Waals surface area contributed by atoms with Crippen molar-refractivity contribution in [2.24, 2.45) is 5.92 Å². The molecule has 72 valence electrons. The molecule has 2 atom stereocenters. The minimum atomic E-state index is -0.0857. The topological polar surface area (TPSA) is 23.8 Å². The van der Waals surface area contributed by atoms with Gasteiger partial charge in [0.25, 0.3) is 0 Å². The monoisotopic (exact) mass is 185 g/mol. The third-order valence-electron chi connectivity index (χ3n) is 2.50. The van der Waals surface area contributed by atoms with Gasteiger partial charge in [-0.05, 0) is 12.5 Å². The van der Waals surface area contributed by atoms with Crippen molar-refractivity contribution in [1.29, 1.82) is 5.26 Å². The Morgan fingerprint density at radius 1 is 1.36 bits per heavy atom. The normalized spacial score (nSPS) is 14.1. The van der Waals surface area contributed by atoms with Crippen LogP contribution >= 0.6 is 0 Å². The Morgan fingerprint density at radius 3 is 2.36 bits per heavy atom. The fourth-order valence-corrected chi connectivity index (χ4v) is 1.60. The van der Waals surface area contributed by atoms with Crippen molar-refractivity contribution in [3.63, 3.8) is 0 Å². The van der Waals surface area contributed by atoms with Crippen LogP contribution in [0, 0.1) is 17.2 Å². The molecule has 0 fully saturated rings. The highest BCUT2D eigenvalue weighted by Crippen LogP contribution is 2.27. The van der Waals surface area contributed by atoms with Crippen molar-refractivity contribution >= 4 is 0 Å². The summed E-state index contributed by atoms with van der Waals surface area (Å²) in [5.41, 5.74) is 2.13. The van der Waals surface area contributed by atoms with Gasteiger partial charge in [-0.2, -0.15) is 5.26 Å². The molecule has 0 spiro atoms. The molecule has 0 aromatic heterocycles. The fourth-order valence-electron chi connectivity index (χ4n) is 1.60. The maximum absolute atomic E-state index is 9.02. The van der Waals surface area contributed by atoms with Gasteiger partial charge in [-0.25, -0.2) is 0 Å². The highest BCUT2D eigenvalue weighted by atomic mass is 14.3. The van der Waals surface area contributed by atoms with Crippen LogP contribution in [0.5, 0.6) is 0 Å². The van der Waals surface area contributed by atoms with Gasteiger partial charge in [-0.3, -0.25) is 0 Å². The standard InChI is InChI=1S/C13H15N/c1-10(2)13(9-14)11(3)12-7-5-4-6-8-12/h4-8,11,13H,1H2,2-3H3/t11-,13-/m0/s1. The van der Waals surface area contributed by atoms with Crippen molar-refractivity contribution in [3.05, 3.63) is 48.0 Å². The largest absolute Gasteiger partial charge is 0.198 e. The van der Waals surface area contributed by atoms with E-state index in [1.165, 1.54) is 5.56 Å². The van der Waals surface area contributed by atoms with Gasteiger partial charge in [0.05, 0.1) is 12.0 Å². The second kappa shape index (κ2) is 4.62. The predicted molar refractivity (Wildman–Crippen MR) is 58.8 cm³/mol. The zero-order valence-electron chi connectivity index (χ0n) is 8.70. The van der Waals surface area contributed by atoms with Gasteiger partial charge >= 0.3 is 0 Å². The van der Waals surface area contributed by atoms with Crippen LogP contribution in [0.25, 0.3) is 0 Å². The summed E-state index contributed by atoms with van der Waals surface area (Å²) in [7, 11) is 0. The van der Waals surface area contributed by atoms with Crippen molar-refractivity contribution in [2.45, 2.75) is 19.8 Å². The van der Waals surface area contributed by atoms with E-state index in [4.69, 9.17) is 5.26 Å². The minimum absolute atomic E-state index is 0.0857. The van der Waals surface area contributed by atoms with Crippen LogP contribution in [0.3, 0.4) is 0 Å². The molecular weight excluding hydrogens is 170 g/mol. The van der Waals surface area contributed by atoms with E-state index in [0.29, 0.717) is 0 Å². The van der Waals surface area contributed by atoms with Crippen LogP contribution in [-0.2, 0) is 0 Å². The molecule has 0 unspecified atom stereocenters. The molecule has 1 heteroatoms. The summed E-state index contributed by atoms with van der Waals surface area (Å²) in [5.74, 6) is 0.135. The highest BCUT2D eigenvalue weighted by Gasteiger charge is 2.18. The molecule has 0 bridgehead atoms. The number of benzene rings is 1. The van der Waals surface area contributed by atoms with E-state index in [1.54, 1.807) is 0 Å². The Balaban J connectivity index is 2.90. The Labute approximate surface area is 85.7 Å². The molecule has 0 radical (unpaired) electrons. The summed E-state index contributed by atoms with van der Waals surface area (Å²) in [5, 5.41) is 9.02. The van der Waals surface area contributed by atoms with Crippen LogP contribution in [0.4, 0.5) is 0 Å². The maximum atomic E-state index is 9.02. The van der Waals surface area contributed by atoms with Crippen molar-refractivity contribution in [1.82, 2.24) is 0 Å². The Morgan fingerprint density at radius 2 is 1.93 bits per heavy atom. The molecule has 0 saturated heterocycles. The van der Waals surface area contributed by atoms with E-state index in [-0.39, 0.29) is 11.8 Å². The number of nitriles is 1. The molecular formula is C13H15N. The van der Waals surface area contributed by atoms with Crippen LogP contribution in [-0.4, -0.2) is 0 Å². The molecule has 0 saturated carbocycles. The predicted octanol–water partition coefficient (Wildman–Crippen LogP) is 3.51. The van der Waals surface area contributed by atoms with Crippen LogP contribution in [0.15, 0.2) is 42.5 Å². The molecule has 0 heterocycles. The third kappa shape index (κ3) is 2.23. The zero-order valence-corrected chi connectivity index (χ0v) is 8.70. The lowest BCUT2D eigenvalue weighted by Crippen LogP contribution is -2.08. The quantitative estimate of drug-likeness (QED) is 0.661. The average Bonchev–Trinajstić information content (AvgIpc) is 2.19. The summed E-state index contributed by atoms with van der Waals surface area (Å²) >= 11 is 0. The van der Waals surface area contributed by atoms with Crippen LogP contribution < -0.4 is 0 Å². The first-order valence-electron chi connectivity index (χ1n) is 4.76. The molecule has 0 amide bonds. The van der Waals surface area contributed by atoms with E-state index in [1.807, 2.05) is 25.1 Å². The number of nitrogens with zero attached hydrogens (tertiary/aromatic N) is 1. The van der Waals surface area contributed by atoms with Crippen molar-refractivity contribution in [2.75, 3.05) is 0 Å². The molecule has 1 aromatic carbocycles. The number of rotatable bonds is 3. The smallest absolute Gasteiger partial charge is 0.0733 e. The molecule has 0 N–H and O–H groups in total. The Hall–Kier alpha value is -1.55. The molecule has 1 nitrogen and oxygen atoms in total.